The van der Waals surface area contributed by atoms with Crippen molar-refractivity contribution in [3.05, 3.63) is 81.5 Å². The Hall–Kier alpha value is -2.85. The van der Waals surface area contributed by atoms with Crippen LogP contribution in [0.3, 0.4) is 0 Å². The molecule has 2 aromatic carbocycles. The van der Waals surface area contributed by atoms with Crippen molar-refractivity contribution in [3.63, 3.8) is 0 Å². The van der Waals surface area contributed by atoms with Crippen molar-refractivity contribution in [1.82, 2.24) is 9.88 Å². The number of sulfonamides is 1. The number of thioether (sulfide) groups is 1. The SMILES string of the molecule is Cc1cc(/C=C2\SC(=Nc3ccc(Cl)cc3)NC2=O)c(C)n1-c1ccc(S(N)(=O)=O)cc1. The quantitative estimate of drug-likeness (QED) is 0.536. The molecule has 4 rings (SSSR count). The van der Waals surface area contributed by atoms with Crippen molar-refractivity contribution in [2.45, 2.75) is 18.7 Å². The number of amides is 1. The first kappa shape index (κ1) is 22.3. The number of halogens is 1. The van der Waals surface area contributed by atoms with E-state index in [0.29, 0.717) is 20.8 Å². The molecule has 2 heterocycles. The Morgan fingerprint density at radius 2 is 1.75 bits per heavy atom. The van der Waals surface area contributed by atoms with Gasteiger partial charge in [-0.2, -0.15) is 0 Å². The number of aryl methyl sites for hydroxylation is 1. The summed E-state index contributed by atoms with van der Waals surface area (Å²) in [4.78, 5) is 17.5. The van der Waals surface area contributed by atoms with Gasteiger partial charge < -0.3 is 9.88 Å². The molecule has 164 valence electrons. The predicted octanol–water partition coefficient (Wildman–Crippen LogP) is 4.29. The fraction of sp³-hybridized carbons (Fsp3) is 0.0909. The first-order chi connectivity index (χ1) is 15.1. The number of nitrogens with zero attached hydrogens (tertiary/aromatic N) is 2. The lowest BCUT2D eigenvalue weighted by Crippen LogP contribution is -2.19. The predicted molar refractivity (Wildman–Crippen MR) is 129 cm³/mol. The fourth-order valence-electron chi connectivity index (χ4n) is 3.37. The standard InChI is InChI=1S/C22H19ClN4O3S2/c1-13-11-15(14(2)27(13)18-7-9-19(10-8-18)32(24,29)30)12-20-21(28)26-22(31-20)25-17-5-3-16(23)4-6-17/h3-12H,1-2H3,(H2,24,29,30)(H,25,26,28)/b20-12-. The molecule has 3 aromatic rings. The summed E-state index contributed by atoms with van der Waals surface area (Å²) in [7, 11) is -3.75. The molecule has 0 radical (unpaired) electrons. The van der Waals surface area contributed by atoms with Gasteiger partial charge in [0.2, 0.25) is 10.0 Å². The van der Waals surface area contributed by atoms with E-state index in [1.165, 1.54) is 23.9 Å². The Morgan fingerprint density at radius 3 is 2.38 bits per heavy atom. The topological polar surface area (TPSA) is 107 Å². The Morgan fingerprint density at radius 1 is 1.09 bits per heavy atom. The first-order valence-corrected chi connectivity index (χ1v) is 12.2. The minimum Gasteiger partial charge on any atom is -0.318 e. The molecule has 0 aliphatic carbocycles. The summed E-state index contributed by atoms with van der Waals surface area (Å²) < 4.78 is 25.0. The Balaban J connectivity index is 1.62. The molecule has 10 heteroatoms. The molecule has 0 saturated carbocycles. The molecule has 32 heavy (non-hydrogen) atoms. The van der Waals surface area contributed by atoms with Crippen LogP contribution in [0.5, 0.6) is 0 Å². The number of aliphatic imine (C=N–C) groups is 1. The molecule has 7 nitrogen and oxygen atoms in total. The van der Waals surface area contributed by atoms with Crippen LogP contribution in [-0.2, 0) is 14.8 Å². The summed E-state index contributed by atoms with van der Waals surface area (Å²) in [5.74, 6) is -0.218. The van der Waals surface area contributed by atoms with Crippen molar-refractivity contribution >= 4 is 56.2 Å². The lowest BCUT2D eigenvalue weighted by Gasteiger charge is -2.10. The van der Waals surface area contributed by atoms with Crippen LogP contribution in [0.15, 0.2) is 69.4 Å². The van der Waals surface area contributed by atoms with Gasteiger partial charge in [0.15, 0.2) is 5.17 Å². The van der Waals surface area contributed by atoms with Gasteiger partial charge in [0.1, 0.15) is 0 Å². The third-order valence-corrected chi connectivity index (χ3v) is 6.98. The van der Waals surface area contributed by atoms with E-state index in [1.807, 2.05) is 30.6 Å². The molecule has 0 unspecified atom stereocenters. The molecule has 1 amide bonds. The highest BCUT2D eigenvalue weighted by atomic mass is 35.5. The highest BCUT2D eigenvalue weighted by Crippen LogP contribution is 2.31. The third-order valence-electron chi connectivity index (χ3n) is 4.89. The summed E-state index contributed by atoms with van der Waals surface area (Å²) in [6, 6.07) is 15.3. The molecular formula is C22H19ClN4O3S2. The number of primary sulfonamides is 1. The summed E-state index contributed by atoms with van der Waals surface area (Å²) in [5.41, 5.74) is 4.22. The number of nitrogens with one attached hydrogen (secondary N) is 1. The number of hydrogen-bond acceptors (Lipinski definition) is 5. The van der Waals surface area contributed by atoms with E-state index < -0.39 is 10.0 Å². The van der Waals surface area contributed by atoms with Crippen LogP contribution in [0.25, 0.3) is 11.8 Å². The minimum atomic E-state index is -3.75. The average molecular weight is 487 g/mol. The maximum atomic E-state index is 12.5. The van der Waals surface area contributed by atoms with E-state index >= 15 is 0 Å². The number of benzene rings is 2. The van der Waals surface area contributed by atoms with Gasteiger partial charge in [-0.25, -0.2) is 18.5 Å². The smallest absolute Gasteiger partial charge is 0.264 e. The van der Waals surface area contributed by atoms with Gasteiger partial charge in [0, 0.05) is 22.1 Å². The van der Waals surface area contributed by atoms with Crippen LogP contribution >= 0.6 is 23.4 Å². The number of carbonyl (C=O) groups excluding carboxylic acids is 1. The Labute approximate surface area is 195 Å². The van der Waals surface area contributed by atoms with Crippen LogP contribution in [0.1, 0.15) is 17.0 Å². The van der Waals surface area contributed by atoms with E-state index in [4.69, 9.17) is 16.7 Å². The monoisotopic (exact) mass is 486 g/mol. The second kappa shape index (κ2) is 8.59. The summed E-state index contributed by atoms with van der Waals surface area (Å²) in [6.07, 6.45) is 1.82. The van der Waals surface area contributed by atoms with Crippen molar-refractivity contribution < 1.29 is 13.2 Å². The first-order valence-electron chi connectivity index (χ1n) is 9.49. The van der Waals surface area contributed by atoms with E-state index in [0.717, 1.165) is 22.6 Å². The maximum absolute atomic E-state index is 12.5. The number of amidine groups is 1. The summed E-state index contributed by atoms with van der Waals surface area (Å²) in [5, 5.41) is 9.07. The van der Waals surface area contributed by atoms with Crippen molar-refractivity contribution in [3.8, 4) is 5.69 Å². The van der Waals surface area contributed by atoms with Gasteiger partial charge in [0.25, 0.3) is 5.91 Å². The number of rotatable bonds is 4. The molecule has 3 N–H and O–H groups in total. The van der Waals surface area contributed by atoms with Gasteiger partial charge in [-0.05, 0) is 91.8 Å². The normalized spacial score (nSPS) is 16.7. The van der Waals surface area contributed by atoms with Gasteiger partial charge in [-0.15, -0.1) is 0 Å². The zero-order valence-corrected chi connectivity index (χ0v) is 19.6. The minimum absolute atomic E-state index is 0.0533. The number of aromatic nitrogens is 1. The third kappa shape index (κ3) is 4.66. The highest BCUT2D eigenvalue weighted by molar-refractivity contribution is 8.18. The second-order valence-corrected chi connectivity index (χ2v) is 10.2. The molecule has 1 fully saturated rings. The zero-order valence-electron chi connectivity index (χ0n) is 17.2. The molecule has 0 bridgehead atoms. The van der Waals surface area contributed by atoms with Gasteiger partial charge in [-0.3, -0.25) is 4.79 Å². The van der Waals surface area contributed by atoms with Crippen molar-refractivity contribution in [2.75, 3.05) is 0 Å². The summed E-state index contributed by atoms with van der Waals surface area (Å²) >= 11 is 7.16. The van der Waals surface area contributed by atoms with E-state index in [9.17, 15) is 13.2 Å². The van der Waals surface area contributed by atoms with Crippen LogP contribution in [0, 0.1) is 13.8 Å². The molecule has 1 aliphatic heterocycles. The lowest BCUT2D eigenvalue weighted by molar-refractivity contribution is -0.115. The van der Waals surface area contributed by atoms with Crippen LogP contribution in [0.2, 0.25) is 5.02 Å². The average Bonchev–Trinajstić information content (AvgIpc) is 3.21. The van der Waals surface area contributed by atoms with E-state index in [2.05, 4.69) is 10.3 Å². The number of hydrogen-bond donors (Lipinski definition) is 2. The molecule has 0 spiro atoms. The highest BCUT2D eigenvalue weighted by Gasteiger charge is 2.24. The van der Waals surface area contributed by atoms with Crippen LogP contribution in [-0.4, -0.2) is 24.1 Å². The van der Waals surface area contributed by atoms with Crippen LogP contribution < -0.4 is 10.5 Å². The zero-order chi connectivity index (χ0) is 23.0. The van der Waals surface area contributed by atoms with Crippen molar-refractivity contribution in [2.24, 2.45) is 10.1 Å². The van der Waals surface area contributed by atoms with Gasteiger partial charge in [0.05, 0.1) is 15.5 Å². The molecular weight excluding hydrogens is 468 g/mol. The number of nitrogens with two attached hydrogens (primary N) is 1. The fourth-order valence-corrected chi connectivity index (χ4v) is 4.84. The molecule has 1 saturated heterocycles. The molecule has 1 aliphatic rings. The van der Waals surface area contributed by atoms with Crippen molar-refractivity contribution in [1.29, 1.82) is 0 Å². The summed E-state index contributed by atoms with van der Waals surface area (Å²) in [6.45, 7) is 3.88. The van der Waals surface area contributed by atoms with Crippen LogP contribution in [0.4, 0.5) is 5.69 Å². The Kier molecular flexibility index (Phi) is 6.00. The number of carbonyl (C=O) groups is 1. The van der Waals surface area contributed by atoms with Gasteiger partial charge >= 0.3 is 0 Å². The maximum Gasteiger partial charge on any atom is 0.264 e. The van der Waals surface area contributed by atoms with E-state index in [-0.39, 0.29) is 10.8 Å². The lowest BCUT2D eigenvalue weighted by atomic mass is 10.2. The van der Waals surface area contributed by atoms with E-state index in [1.54, 1.807) is 36.4 Å². The largest absolute Gasteiger partial charge is 0.318 e. The molecule has 1 aromatic heterocycles. The van der Waals surface area contributed by atoms with Gasteiger partial charge in [-0.1, -0.05) is 11.6 Å². The molecule has 0 atom stereocenters. The second-order valence-electron chi connectivity index (χ2n) is 7.16. The Bertz CT molecular complexity index is 1370.